The van der Waals surface area contributed by atoms with Gasteiger partial charge in [-0.2, -0.15) is 0 Å². The quantitative estimate of drug-likeness (QED) is 0.624. The highest BCUT2D eigenvalue weighted by Crippen LogP contribution is 2.25. The molecule has 1 unspecified atom stereocenters. The summed E-state index contributed by atoms with van der Waals surface area (Å²) in [4.78, 5) is 36.0. The van der Waals surface area contributed by atoms with Crippen LogP contribution in [0.5, 0.6) is 0 Å². The minimum absolute atomic E-state index is 0.0778. The number of likely N-dealkylation sites (N-methyl/N-ethyl adjacent to an activating group) is 1. The van der Waals surface area contributed by atoms with Gasteiger partial charge in [0.1, 0.15) is 0 Å². The lowest BCUT2D eigenvalue weighted by Crippen LogP contribution is -2.41. The van der Waals surface area contributed by atoms with E-state index in [9.17, 15) is 9.59 Å². The highest BCUT2D eigenvalue weighted by molar-refractivity contribution is 8.01. The fourth-order valence-corrected chi connectivity index (χ4v) is 5.14. The molecule has 28 heavy (non-hydrogen) atoms. The Hall–Kier alpha value is -1.97. The Balaban J connectivity index is 1.50. The lowest BCUT2D eigenvalue weighted by Gasteiger charge is -2.28. The first-order valence-electron chi connectivity index (χ1n) is 9.14. The number of amides is 1. The number of likely N-dealkylation sites (tertiary alicyclic amines) is 1. The molecule has 0 saturated carbocycles. The highest BCUT2D eigenvalue weighted by atomic mass is 32.2. The molecule has 2 aromatic heterocycles. The van der Waals surface area contributed by atoms with Crippen LogP contribution in [0.3, 0.4) is 0 Å². The molecule has 1 amide bonds. The molecule has 1 atom stereocenters. The fourth-order valence-electron chi connectivity index (χ4n) is 3.33. The van der Waals surface area contributed by atoms with Crippen molar-refractivity contribution >= 4 is 35.0 Å². The number of hydrogen-bond acceptors (Lipinski definition) is 7. The lowest BCUT2D eigenvalue weighted by atomic mass is 10.2. The third-order valence-electron chi connectivity index (χ3n) is 4.61. The van der Waals surface area contributed by atoms with Crippen molar-refractivity contribution in [1.29, 1.82) is 0 Å². The predicted molar refractivity (Wildman–Crippen MR) is 110 cm³/mol. The van der Waals surface area contributed by atoms with Crippen molar-refractivity contribution in [2.24, 2.45) is 0 Å². The molecular formula is C19H24N4O3S2. The van der Waals surface area contributed by atoms with Gasteiger partial charge in [0.2, 0.25) is 5.91 Å². The predicted octanol–water partition coefficient (Wildman–Crippen LogP) is 2.76. The van der Waals surface area contributed by atoms with E-state index in [0.717, 1.165) is 35.2 Å². The number of aromatic carboxylic acids is 1. The molecule has 0 spiro atoms. The van der Waals surface area contributed by atoms with Crippen molar-refractivity contribution in [2.75, 3.05) is 25.9 Å². The molecule has 0 aliphatic carbocycles. The summed E-state index contributed by atoms with van der Waals surface area (Å²) in [7, 11) is 2.06. The summed E-state index contributed by atoms with van der Waals surface area (Å²) in [5, 5.41) is 10.5. The molecule has 0 bridgehead atoms. The average Bonchev–Trinajstić information content (AvgIpc) is 3.24. The number of pyridine rings is 1. The van der Waals surface area contributed by atoms with Crippen LogP contribution < -0.4 is 0 Å². The number of thiazole rings is 1. The maximum absolute atomic E-state index is 12.3. The normalized spacial score (nSPS) is 16.9. The zero-order valence-corrected chi connectivity index (χ0v) is 17.6. The van der Waals surface area contributed by atoms with E-state index in [-0.39, 0.29) is 17.6 Å². The minimum Gasteiger partial charge on any atom is -0.476 e. The second kappa shape index (κ2) is 9.49. The van der Waals surface area contributed by atoms with Crippen molar-refractivity contribution in [3.05, 3.63) is 40.7 Å². The fraction of sp³-hybridized carbons (Fsp3) is 0.474. The van der Waals surface area contributed by atoms with Gasteiger partial charge in [-0.05, 0) is 32.5 Å². The molecule has 1 N–H and O–H groups in total. The number of aryl methyl sites for hydroxylation is 1. The molecule has 1 aliphatic heterocycles. The number of carboxylic acids is 1. The first-order chi connectivity index (χ1) is 13.4. The molecule has 2 aromatic rings. The van der Waals surface area contributed by atoms with Crippen LogP contribution in [0.1, 0.15) is 34.7 Å². The zero-order valence-electron chi connectivity index (χ0n) is 16.0. The van der Waals surface area contributed by atoms with E-state index in [4.69, 9.17) is 5.11 Å². The molecule has 3 heterocycles. The third kappa shape index (κ3) is 5.52. The number of carboxylic acid groups (broad SMARTS) is 1. The average molecular weight is 421 g/mol. The van der Waals surface area contributed by atoms with Crippen LogP contribution >= 0.6 is 23.1 Å². The summed E-state index contributed by atoms with van der Waals surface area (Å²) in [5.74, 6) is -0.111. The maximum Gasteiger partial charge on any atom is 0.355 e. The molecule has 3 rings (SSSR count). The Morgan fingerprint density at radius 2 is 2.25 bits per heavy atom. The van der Waals surface area contributed by atoms with E-state index in [2.05, 4.69) is 21.9 Å². The van der Waals surface area contributed by atoms with Crippen LogP contribution in [0.15, 0.2) is 27.9 Å². The summed E-state index contributed by atoms with van der Waals surface area (Å²) in [5.41, 5.74) is 2.12. The monoisotopic (exact) mass is 420 g/mol. The van der Waals surface area contributed by atoms with Gasteiger partial charge in [-0.3, -0.25) is 14.7 Å². The van der Waals surface area contributed by atoms with Crippen LogP contribution in [0, 0.1) is 6.92 Å². The summed E-state index contributed by atoms with van der Waals surface area (Å²) in [6, 6.07) is 6.23. The molecule has 150 valence electrons. The van der Waals surface area contributed by atoms with E-state index < -0.39 is 5.97 Å². The smallest absolute Gasteiger partial charge is 0.355 e. The number of carbonyl (C=O) groups is 2. The topological polar surface area (TPSA) is 86.6 Å². The van der Waals surface area contributed by atoms with Gasteiger partial charge in [0.05, 0.1) is 5.69 Å². The first-order valence-corrected chi connectivity index (χ1v) is 11.0. The van der Waals surface area contributed by atoms with Crippen LogP contribution in [0.25, 0.3) is 0 Å². The SMILES string of the molecule is Cc1cccc(CN(C)CC2CCC(=O)N2CCSc2nc(C(=O)O)cs2)n1. The Morgan fingerprint density at radius 3 is 2.96 bits per heavy atom. The molecule has 0 aromatic carbocycles. The molecule has 1 fully saturated rings. The van der Waals surface area contributed by atoms with Gasteiger partial charge in [-0.1, -0.05) is 17.8 Å². The minimum atomic E-state index is -1.01. The van der Waals surface area contributed by atoms with E-state index in [1.807, 2.05) is 30.0 Å². The number of aromatic nitrogens is 2. The summed E-state index contributed by atoms with van der Waals surface area (Å²) in [6.07, 6.45) is 1.46. The van der Waals surface area contributed by atoms with Crippen LogP contribution in [-0.4, -0.2) is 68.7 Å². The lowest BCUT2D eigenvalue weighted by molar-refractivity contribution is -0.128. The number of carbonyl (C=O) groups excluding carboxylic acids is 1. The molecule has 1 aliphatic rings. The van der Waals surface area contributed by atoms with Gasteiger partial charge in [0.25, 0.3) is 0 Å². The van der Waals surface area contributed by atoms with Crippen LogP contribution in [-0.2, 0) is 11.3 Å². The first kappa shape index (κ1) is 20.8. The second-order valence-corrected chi connectivity index (χ2v) is 9.10. The Kier molecular flexibility index (Phi) is 7.03. The van der Waals surface area contributed by atoms with Gasteiger partial charge in [0, 0.05) is 48.9 Å². The van der Waals surface area contributed by atoms with Crippen LogP contribution in [0.2, 0.25) is 0 Å². The van der Waals surface area contributed by atoms with Crippen molar-refractivity contribution in [3.8, 4) is 0 Å². The summed E-state index contributed by atoms with van der Waals surface area (Å²) in [6.45, 7) is 4.20. The number of nitrogens with zero attached hydrogens (tertiary/aromatic N) is 4. The van der Waals surface area contributed by atoms with Gasteiger partial charge in [0.15, 0.2) is 10.0 Å². The Bertz CT molecular complexity index is 842. The molecule has 7 nitrogen and oxygen atoms in total. The zero-order chi connectivity index (χ0) is 20.1. The summed E-state index contributed by atoms with van der Waals surface area (Å²) < 4.78 is 0.725. The van der Waals surface area contributed by atoms with Gasteiger partial charge < -0.3 is 10.0 Å². The van der Waals surface area contributed by atoms with E-state index in [1.54, 1.807) is 5.38 Å². The van der Waals surface area contributed by atoms with Crippen molar-refractivity contribution < 1.29 is 14.7 Å². The highest BCUT2D eigenvalue weighted by Gasteiger charge is 2.31. The Labute approximate surface area is 172 Å². The van der Waals surface area contributed by atoms with Crippen LogP contribution in [0.4, 0.5) is 0 Å². The summed E-state index contributed by atoms with van der Waals surface area (Å²) >= 11 is 2.83. The maximum atomic E-state index is 12.3. The largest absolute Gasteiger partial charge is 0.476 e. The number of thioether (sulfide) groups is 1. The van der Waals surface area contributed by atoms with Crippen molar-refractivity contribution in [2.45, 2.75) is 36.7 Å². The van der Waals surface area contributed by atoms with Gasteiger partial charge in [-0.25, -0.2) is 9.78 Å². The Morgan fingerprint density at radius 1 is 1.43 bits per heavy atom. The number of rotatable bonds is 9. The van der Waals surface area contributed by atoms with Gasteiger partial charge >= 0.3 is 5.97 Å². The van der Waals surface area contributed by atoms with E-state index >= 15 is 0 Å². The van der Waals surface area contributed by atoms with Gasteiger partial charge in [-0.15, -0.1) is 11.3 Å². The molecule has 9 heteroatoms. The van der Waals surface area contributed by atoms with Crippen molar-refractivity contribution in [1.82, 2.24) is 19.8 Å². The van der Waals surface area contributed by atoms with E-state index in [1.165, 1.54) is 23.1 Å². The molecular weight excluding hydrogens is 396 g/mol. The second-order valence-electron chi connectivity index (χ2n) is 6.90. The molecule has 0 radical (unpaired) electrons. The van der Waals surface area contributed by atoms with Crippen molar-refractivity contribution in [3.63, 3.8) is 0 Å². The number of hydrogen-bond donors (Lipinski definition) is 1. The van der Waals surface area contributed by atoms with E-state index in [0.29, 0.717) is 18.7 Å². The molecule has 1 saturated heterocycles. The standard InChI is InChI=1S/C19H24N4O3S2/c1-13-4-3-5-14(20-13)10-22(2)11-15-6-7-17(24)23(15)8-9-27-19-21-16(12-28-19)18(25)26/h3-5,12,15H,6-11H2,1-2H3,(H,25,26). The third-order valence-corrected chi connectivity index (χ3v) is 6.61.